The Morgan fingerprint density at radius 2 is 1.83 bits per heavy atom. The van der Waals surface area contributed by atoms with E-state index >= 15 is 0 Å². The van der Waals surface area contributed by atoms with E-state index in [1.165, 1.54) is 5.56 Å². The van der Waals surface area contributed by atoms with Crippen molar-refractivity contribution in [1.29, 1.82) is 0 Å². The smallest absolute Gasteiger partial charge is 0.161 e. The Bertz CT molecular complexity index is 1160. The fourth-order valence-corrected chi connectivity index (χ4v) is 4.60. The van der Waals surface area contributed by atoms with Gasteiger partial charge in [0.1, 0.15) is 30.2 Å². The number of thiophene rings is 1. The van der Waals surface area contributed by atoms with Gasteiger partial charge in [0.25, 0.3) is 0 Å². The molecule has 7 heteroatoms. The zero-order valence-electron chi connectivity index (χ0n) is 15.5. The lowest BCUT2D eigenvalue weighted by Gasteiger charge is -2.19. The normalized spacial score (nSPS) is 12.9. The molecule has 0 fully saturated rings. The molecule has 0 saturated heterocycles. The maximum Gasteiger partial charge on any atom is 0.161 e. The number of nitrogens with one attached hydrogen (secondary N) is 1. The van der Waals surface area contributed by atoms with Gasteiger partial charge in [0.05, 0.1) is 5.39 Å². The molecule has 0 atom stereocenters. The number of hydrogen-bond acceptors (Lipinski definition) is 6. The first-order chi connectivity index (χ1) is 14.3. The van der Waals surface area contributed by atoms with Gasteiger partial charge in [-0.15, -0.1) is 11.3 Å². The van der Waals surface area contributed by atoms with Crippen LogP contribution in [0.1, 0.15) is 5.56 Å². The Balaban J connectivity index is 1.37. The number of anilines is 1. The zero-order chi connectivity index (χ0) is 19.6. The van der Waals surface area contributed by atoms with Crippen molar-refractivity contribution in [2.45, 2.75) is 6.42 Å². The van der Waals surface area contributed by atoms with Gasteiger partial charge in [0.2, 0.25) is 0 Å². The van der Waals surface area contributed by atoms with Crippen LogP contribution in [0.4, 0.5) is 5.82 Å². The summed E-state index contributed by atoms with van der Waals surface area (Å²) < 4.78 is 12.3. The van der Waals surface area contributed by atoms with Crippen LogP contribution < -0.4 is 14.8 Å². The van der Waals surface area contributed by atoms with Crippen molar-refractivity contribution < 1.29 is 9.47 Å². The van der Waals surface area contributed by atoms with Crippen LogP contribution in [0.3, 0.4) is 0 Å². The van der Waals surface area contributed by atoms with E-state index in [1.54, 1.807) is 17.7 Å². The molecule has 1 aliphatic rings. The molecule has 0 saturated carbocycles. The van der Waals surface area contributed by atoms with Gasteiger partial charge in [-0.2, -0.15) is 0 Å². The minimum Gasteiger partial charge on any atom is -0.486 e. The zero-order valence-corrected chi connectivity index (χ0v) is 17.9. The molecule has 0 spiro atoms. The Morgan fingerprint density at radius 3 is 2.69 bits per heavy atom. The van der Waals surface area contributed by atoms with E-state index in [2.05, 4.69) is 73.0 Å². The Kier molecular flexibility index (Phi) is 5.08. The summed E-state index contributed by atoms with van der Waals surface area (Å²) in [4.78, 5) is 9.95. The summed E-state index contributed by atoms with van der Waals surface area (Å²) in [5.41, 5.74) is 3.51. The van der Waals surface area contributed by atoms with Crippen molar-refractivity contribution in [3.05, 3.63) is 64.2 Å². The van der Waals surface area contributed by atoms with Gasteiger partial charge in [0, 0.05) is 22.0 Å². The summed E-state index contributed by atoms with van der Waals surface area (Å²) in [5.74, 6) is 2.52. The number of rotatable bonds is 5. The molecule has 0 radical (unpaired) electrons. The Morgan fingerprint density at radius 1 is 1.00 bits per heavy atom. The van der Waals surface area contributed by atoms with Crippen molar-refractivity contribution in [1.82, 2.24) is 9.97 Å². The second-order valence-corrected chi connectivity index (χ2v) is 8.49. The summed E-state index contributed by atoms with van der Waals surface area (Å²) in [7, 11) is 0. The molecule has 0 aliphatic carbocycles. The van der Waals surface area contributed by atoms with E-state index in [-0.39, 0.29) is 0 Å². The van der Waals surface area contributed by atoms with Crippen molar-refractivity contribution >= 4 is 43.3 Å². The highest BCUT2D eigenvalue weighted by Gasteiger charge is 2.14. The van der Waals surface area contributed by atoms with E-state index in [0.717, 1.165) is 56.1 Å². The molecule has 1 aliphatic heterocycles. The number of fused-ring (bicyclic) bond motifs is 2. The third kappa shape index (κ3) is 3.80. The topological polar surface area (TPSA) is 56.3 Å². The van der Waals surface area contributed by atoms with Gasteiger partial charge in [-0.1, -0.05) is 34.1 Å². The maximum absolute atomic E-state index is 5.68. The van der Waals surface area contributed by atoms with Gasteiger partial charge < -0.3 is 14.8 Å². The predicted octanol–water partition coefficient (Wildman–Crippen LogP) is 5.55. The van der Waals surface area contributed by atoms with Crippen molar-refractivity contribution in [3.63, 3.8) is 0 Å². The van der Waals surface area contributed by atoms with Crippen LogP contribution in [-0.2, 0) is 6.42 Å². The molecule has 4 aromatic rings. The summed E-state index contributed by atoms with van der Waals surface area (Å²) in [5, 5.41) is 6.72. The van der Waals surface area contributed by atoms with E-state index in [0.29, 0.717) is 13.2 Å². The van der Waals surface area contributed by atoms with Crippen molar-refractivity contribution in [2.75, 3.05) is 25.1 Å². The number of hydrogen-bond donors (Lipinski definition) is 1. The van der Waals surface area contributed by atoms with Crippen LogP contribution in [0.2, 0.25) is 0 Å². The van der Waals surface area contributed by atoms with E-state index in [1.807, 2.05) is 6.07 Å². The summed E-state index contributed by atoms with van der Waals surface area (Å²) in [6.45, 7) is 1.98. The Hall–Kier alpha value is -2.64. The molecule has 5 nitrogen and oxygen atoms in total. The van der Waals surface area contributed by atoms with Gasteiger partial charge in [-0.25, -0.2) is 9.97 Å². The molecule has 0 unspecified atom stereocenters. The first kappa shape index (κ1) is 18.4. The number of aromatic nitrogens is 2. The van der Waals surface area contributed by atoms with E-state index < -0.39 is 0 Å². The molecular weight excluding hydrogens is 450 g/mol. The third-order valence-electron chi connectivity index (χ3n) is 4.84. The maximum atomic E-state index is 5.68. The van der Waals surface area contributed by atoms with Crippen LogP contribution >= 0.6 is 27.3 Å². The summed E-state index contributed by atoms with van der Waals surface area (Å²) >= 11 is 5.14. The predicted molar refractivity (Wildman–Crippen MR) is 120 cm³/mol. The summed E-state index contributed by atoms with van der Waals surface area (Å²) in [6.07, 6.45) is 2.48. The number of nitrogens with zero attached hydrogens (tertiary/aromatic N) is 2. The SMILES string of the molecule is Brc1ccc(-c2csc3ncnc(NCCc4ccc5c(c4)OCCO5)c23)cc1. The van der Waals surface area contributed by atoms with E-state index in [9.17, 15) is 0 Å². The highest BCUT2D eigenvalue weighted by molar-refractivity contribution is 9.10. The van der Waals surface area contributed by atoms with Gasteiger partial charge in [-0.3, -0.25) is 0 Å². The molecule has 2 aromatic carbocycles. The first-order valence-corrected chi connectivity index (χ1v) is 11.1. The number of benzene rings is 2. The van der Waals surface area contributed by atoms with Crippen LogP contribution in [0.15, 0.2) is 58.6 Å². The van der Waals surface area contributed by atoms with E-state index in [4.69, 9.17) is 9.47 Å². The molecule has 0 amide bonds. The largest absolute Gasteiger partial charge is 0.486 e. The number of halogens is 1. The fourth-order valence-electron chi connectivity index (χ4n) is 3.42. The van der Waals surface area contributed by atoms with Crippen LogP contribution in [0.25, 0.3) is 21.3 Å². The lowest BCUT2D eigenvalue weighted by molar-refractivity contribution is 0.171. The fraction of sp³-hybridized carbons (Fsp3) is 0.182. The minimum atomic E-state index is 0.602. The molecule has 146 valence electrons. The second-order valence-electron chi connectivity index (χ2n) is 6.71. The van der Waals surface area contributed by atoms with Crippen LogP contribution in [-0.4, -0.2) is 29.7 Å². The van der Waals surface area contributed by atoms with Crippen molar-refractivity contribution in [3.8, 4) is 22.6 Å². The second kappa shape index (κ2) is 8.00. The third-order valence-corrected chi connectivity index (χ3v) is 6.25. The Labute approximate surface area is 180 Å². The van der Waals surface area contributed by atoms with Gasteiger partial charge in [0.15, 0.2) is 11.5 Å². The molecule has 0 bridgehead atoms. The first-order valence-electron chi connectivity index (χ1n) is 9.38. The molecule has 1 N–H and O–H groups in total. The number of ether oxygens (including phenoxy) is 2. The highest BCUT2D eigenvalue weighted by atomic mass is 79.9. The lowest BCUT2D eigenvalue weighted by Crippen LogP contribution is -2.15. The highest BCUT2D eigenvalue weighted by Crippen LogP contribution is 2.37. The van der Waals surface area contributed by atoms with Crippen LogP contribution in [0.5, 0.6) is 11.5 Å². The molecule has 3 heterocycles. The minimum absolute atomic E-state index is 0.602. The van der Waals surface area contributed by atoms with Crippen molar-refractivity contribution in [2.24, 2.45) is 0 Å². The molecule has 5 rings (SSSR count). The van der Waals surface area contributed by atoms with Crippen LogP contribution in [0, 0.1) is 0 Å². The lowest BCUT2D eigenvalue weighted by atomic mass is 10.1. The average molecular weight is 468 g/mol. The average Bonchev–Trinajstić information content (AvgIpc) is 3.19. The van der Waals surface area contributed by atoms with Gasteiger partial charge in [-0.05, 0) is 41.8 Å². The standard InChI is InChI=1S/C22H18BrN3O2S/c23-16-4-2-15(3-5-16)17-12-29-22-20(17)21(25-13-26-22)24-8-7-14-1-6-18-19(11-14)28-10-9-27-18/h1-6,11-13H,7-10H2,(H,24,25,26). The molecule has 29 heavy (non-hydrogen) atoms. The summed E-state index contributed by atoms with van der Waals surface area (Å²) in [6, 6.07) is 14.5. The molecule has 2 aromatic heterocycles. The quantitative estimate of drug-likeness (QED) is 0.417. The molecular formula is C22H18BrN3O2S. The monoisotopic (exact) mass is 467 g/mol. The van der Waals surface area contributed by atoms with Gasteiger partial charge >= 0.3 is 0 Å².